The second kappa shape index (κ2) is 5.38. The minimum atomic E-state index is -0.712. The van der Waals surface area contributed by atoms with E-state index < -0.39 is 5.41 Å². The monoisotopic (exact) mass is 261 g/mol. The van der Waals surface area contributed by atoms with Crippen molar-refractivity contribution in [2.75, 3.05) is 6.61 Å². The topological polar surface area (TPSA) is 67.9 Å². The van der Waals surface area contributed by atoms with Gasteiger partial charge in [0.2, 0.25) is 0 Å². The average molecular weight is 261 g/mol. The molecule has 0 amide bonds. The third-order valence-corrected chi connectivity index (χ3v) is 3.58. The summed E-state index contributed by atoms with van der Waals surface area (Å²) in [6, 6.07) is 3.74. The molecular weight excluding hydrogens is 242 g/mol. The van der Waals surface area contributed by atoms with E-state index in [0.29, 0.717) is 30.9 Å². The number of nitrogens with one attached hydrogen (secondary N) is 1. The molecule has 0 aliphatic heterocycles. The summed E-state index contributed by atoms with van der Waals surface area (Å²) in [6.07, 6.45) is 2.97. The summed E-state index contributed by atoms with van der Waals surface area (Å²) >= 11 is 0. The zero-order valence-corrected chi connectivity index (χ0v) is 11.6. The molecule has 0 bridgehead atoms. The summed E-state index contributed by atoms with van der Waals surface area (Å²) < 4.78 is 5.22. The number of hydrogen-bond acceptors (Lipinski definition) is 4. The van der Waals surface area contributed by atoms with Crippen LogP contribution >= 0.6 is 0 Å². The van der Waals surface area contributed by atoms with Crippen molar-refractivity contribution in [2.45, 2.75) is 39.0 Å². The fraction of sp³-hybridized carbons (Fsp3) is 0.500. The molecule has 2 aromatic rings. The highest BCUT2D eigenvalue weighted by molar-refractivity contribution is 5.83. The lowest BCUT2D eigenvalue weighted by Gasteiger charge is -2.26. The van der Waals surface area contributed by atoms with Gasteiger partial charge in [0.15, 0.2) is 5.65 Å². The van der Waals surface area contributed by atoms with Gasteiger partial charge >= 0.3 is 5.97 Å². The summed E-state index contributed by atoms with van der Waals surface area (Å²) in [7, 11) is 0. The van der Waals surface area contributed by atoms with Crippen LogP contribution in [0.15, 0.2) is 18.3 Å². The number of imidazole rings is 1. The molecule has 5 heteroatoms. The Morgan fingerprint density at radius 1 is 1.37 bits per heavy atom. The molecule has 0 radical (unpaired) electrons. The Kier molecular flexibility index (Phi) is 3.83. The number of hydrogen-bond donors (Lipinski definition) is 1. The lowest BCUT2D eigenvalue weighted by Crippen LogP contribution is -2.37. The van der Waals surface area contributed by atoms with E-state index in [9.17, 15) is 4.79 Å². The molecule has 2 heterocycles. The third-order valence-electron chi connectivity index (χ3n) is 3.58. The minimum Gasteiger partial charge on any atom is -0.465 e. The Morgan fingerprint density at radius 2 is 2.11 bits per heavy atom. The first-order valence-electron chi connectivity index (χ1n) is 6.66. The Morgan fingerprint density at radius 3 is 2.68 bits per heavy atom. The first kappa shape index (κ1) is 13.5. The molecule has 0 aromatic carbocycles. The highest BCUT2D eigenvalue weighted by atomic mass is 16.5. The van der Waals surface area contributed by atoms with Gasteiger partial charge in [-0.2, -0.15) is 0 Å². The largest absolute Gasteiger partial charge is 0.465 e. The standard InChI is InChI=1S/C14H19N3O2/c1-4-14(5-2,13(18)19-6-3)12-16-10-8-7-9-15-11(10)17-12/h7-9H,4-6H2,1-3H3,(H,15,16,17). The maximum absolute atomic E-state index is 12.3. The number of carbonyl (C=O) groups excluding carboxylic acids is 1. The molecule has 19 heavy (non-hydrogen) atoms. The van der Waals surface area contributed by atoms with Crippen LogP contribution in [0.1, 0.15) is 39.4 Å². The number of pyridine rings is 1. The fourth-order valence-corrected chi connectivity index (χ4v) is 2.31. The molecule has 0 aliphatic carbocycles. The van der Waals surface area contributed by atoms with E-state index in [4.69, 9.17) is 4.74 Å². The van der Waals surface area contributed by atoms with Gasteiger partial charge in [0.05, 0.1) is 12.1 Å². The zero-order valence-electron chi connectivity index (χ0n) is 11.6. The van der Waals surface area contributed by atoms with Crippen molar-refractivity contribution in [3.63, 3.8) is 0 Å². The molecular formula is C14H19N3O2. The van der Waals surface area contributed by atoms with E-state index in [1.54, 1.807) is 6.20 Å². The summed E-state index contributed by atoms with van der Waals surface area (Å²) in [5.74, 6) is 0.420. The minimum absolute atomic E-state index is 0.223. The van der Waals surface area contributed by atoms with Crippen LogP contribution in [0.25, 0.3) is 11.2 Å². The van der Waals surface area contributed by atoms with E-state index in [1.165, 1.54) is 0 Å². The molecule has 2 rings (SSSR count). The van der Waals surface area contributed by atoms with Crippen molar-refractivity contribution in [2.24, 2.45) is 0 Å². The van der Waals surface area contributed by atoms with Crippen LogP contribution in [0.5, 0.6) is 0 Å². The van der Waals surface area contributed by atoms with E-state index in [0.717, 1.165) is 5.52 Å². The van der Waals surface area contributed by atoms with Gasteiger partial charge in [0, 0.05) is 6.20 Å². The van der Waals surface area contributed by atoms with E-state index in [-0.39, 0.29) is 5.97 Å². The van der Waals surface area contributed by atoms with Crippen LogP contribution in [0.2, 0.25) is 0 Å². The fourth-order valence-electron chi connectivity index (χ4n) is 2.31. The van der Waals surface area contributed by atoms with Gasteiger partial charge in [0.25, 0.3) is 0 Å². The summed E-state index contributed by atoms with van der Waals surface area (Å²) in [5, 5.41) is 0. The molecule has 102 valence electrons. The van der Waals surface area contributed by atoms with Gasteiger partial charge in [0.1, 0.15) is 11.2 Å². The van der Waals surface area contributed by atoms with Gasteiger partial charge in [-0.3, -0.25) is 4.79 Å². The summed E-state index contributed by atoms with van der Waals surface area (Å²) in [6.45, 7) is 6.13. The highest BCUT2D eigenvalue weighted by Gasteiger charge is 2.41. The lowest BCUT2D eigenvalue weighted by molar-refractivity contribution is -0.150. The SMILES string of the molecule is CCOC(=O)C(CC)(CC)c1nc2ncccc2[nH]1. The Hall–Kier alpha value is -1.91. The van der Waals surface area contributed by atoms with Crippen molar-refractivity contribution in [3.8, 4) is 0 Å². The number of ether oxygens (including phenoxy) is 1. The van der Waals surface area contributed by atoms with E-state index in [1.807, 2.05) is 32.9 Å². The third kappa shape index (κ3) is 2.20. The Balaban J connectivity index is 2.51. The van der Waals surface area contributed by atoms with Crippen molar-refractivity contribution < 1.29 is 9.53 Å². The molecule has 2 aromatic heterocycles. The van der Waals surface area contributed by atoms with Gasteiger partial charge in [-0.1, -0.05) is 13.8 Å². The number of rotatable bonds is 5. The van der Waals surface area contributed by atoms with Crippen molar-refractivity contribution in [3.05, 3.63) is 24.2 Å². The van der Waals surface area contributed by atoms with Crippen molar-refractivity contribution >= 4 is 17.1 Å². The number of aromatic amines is 1. The maximum atomic E-state index is 12.3. The summed E-state index contributed by atoms with van der Waals surface area (Å²) in [5.41, 5.74) is 0.762. The highest BCUT2D eigenvalue weighted by Crippen LogP contribution is 2.32. The van der Waals surface area contributed by atoms with Gasteiger partial charge in [-0.25, -0.2) is 9.97 Å². The first-order valence-corrected chi connectivity index (χ1v) is 6.66. The average Bonchev–Trinajstić information content (AvgIpc) is 2.85. The van der Waals surface area contributed by atoms with Crippen LogP contribution in [-0.4, -0.2) is 27.5 Å². The molecule has 0 spiro atoms. The molecule has 0 saturated heterocycles. The molecule has 1 N–H and O–H groups in total. The van der Waals surface area contributed by atoms with E-state index >= 15 is 0 Å². The first-order chi connectivity index (χ1) is 9.17. The summed E-state index contributed by atoms with van der Waals surface area (Å²) in [4.78, 5) is 24.2. The second-order valence-electron chi connectivity index (χ2n) is 4.47. The maximum Gasteiger partial charge on any atom is 0.319 e. The van der Waals surface area contributed by atoms with Gasteiger partial charge in [-0.15, -0.1) is 0 Å². The van der Waals surface area contributed by atoms with Crippen LogP contribution in [0.4, 0.5) is 0 Å². The van der Waals surface area contributed by atoms with Gasteiger partial charge < -0.3 is 9.72 Å². The second-order valence-corrected chi connectivity index (χ2v) is 4.47. The molecule has 0 saturated carbocycles. The number of fused-ring (bicyclic) bond motifs is 1. The lowest BCUT2D eigenvalue weighted by atomic mass is 9.81. The molecule has 0 fully saturated rings. The van der Waals surface area contributed by atoms with Crippen LogP contribution in [-0.2, 0) is 14.9 Å². The van der Waals surface area contributed by atoms with E-state index in [2.05, 4.69) is 15.0 Å². The Labute approximate surface area is 112 Å². The number of aromatic nitrogens is 3. The molecule has 0 atom stereocenters. The molecule has 0 unspecified atom stereocenters. The van der Waals surface area contributed by atoms with Crippen molar-refractivity contribution in [1.29, 1.82) is 0 Å². The van der Waals surface area contributed by atoms with Gasteiger partial charge in [-0.05, 0) is 31.9 Å². The van der Waals surface area contributed by atoms with Crippen LogP contribution in [0.3, 0.4) is 0 Å². The Bertz CT molecular complexity index is 540. The number of carbonyl (C=O) groups is 1. The molecule has 0 aliphatic rings. The number of nitrogens with zero attached hydrogens (tertiary/aromatic N) is 2. The normalized spacial score (nSPS) is 11.7. The predicted molar refractivity (Wildman–Crippen MR) is 72.8 cm³/mol. The number of esters is 1. The number of H-pyrrole nitrogens is 1. The van der Waals surface area contributed by atoms with Crippen molar-refractivity contribution in [1.82, 2.24) is 15.0 Å². The quantitative estimate of drug-likeness (QED) is 0.840. The van der Waals surface area contributed by atoms with Crippen LogP contribution in [0, 0.1) is 0 Å². The van der Waals surface area contributed by atoms with Crippen LogP contribution < -0.4 is 0 Å². The molecule has 5 nitrogen and oxygen atoms in total. The zero-order chi connectivity index (χ0) is 13.9. The smallest absolute Gasteiger partial charge is 0.319 e. The predicted octanol–water partition coefficient (Wildman–Crippen LogP) is 2.58.